The van der Waals surface area contributed by atoms with Crippen molar-refractivity contribution < 1.29 is 4.79 Å². The number of aryl methyl sites for hydroxylation is 1. The fraction of sp³-hybridized carbons (Fsp3) is 0.0870. The van der Waals surface area contributed by atoms with Gasteiger partial charge in [0, 0.05) is 17.6 Å². The molecule has 7 heteroatoms. The van der Waals surface area contributed by atoms with Crippen LogP contribution in [0.3, 0.4) is 0 Å². The summed E-state index contributed by atoms with van der Waals surface area (Å²) < 4.78 is 1.74. The van der Waals surface area contributed by atoms with Crippen LogP contribution in [0.15, 0.2) is 77.7 Å². The summed E-state index contributed by atoms with van der Waals surface area (Å²) in [6, 6.07) is 20.5. The Hall–Kier alpha value is -3.64. The second kappa shape index (κ2) is 9.24. The van der Waals surface area contributed by atoms with E-state index in [1.807, 2.05) is 55.5 Å². The van der Waals surface area contributed by atoms with Crippen molar-refractivity contribution in [1.82, 2.24) is 9.55 Å². The van der Waals surface area contributed by atoms with E-state index in [9.17, 15) is 9.59 Å². The second-order valence-corrected chi connectivity index (χ2v) is 6.88. The smallest absolute Gasteiger partial charge is 0.269 e. The van der Waals surface area contributed by atoms with Crippen molar-refractivity contribution >= 4 is 34.0 Å². The van der Waals surface area contributed by atoms with Crippen LogP contribution in [0.1, 0.15) is 23.1 Å². The van der Waals surface area contributed by atoms with Crippen LogP contribution in [-0.4, -0.2) is 15.5 Å². The van der Waals surface area contributed by atoms with Gasteiger partial charge in [0.15, 0.2) is 5.69 Å². The van der Waals surface area contributed by atoms with Crippen LogP contribution in [0.5, 0.6) is 0 Å². The van der Waals surface area contributed by atoms with Gasteiger partial charge in [-0.05, 0) is 48.2 Å². The number of primary amides is 1. The molecule has 0 atom stereocenters. The number of pyridine rings is 2. The van der Waals surface area contributed by atoms with Crippen LogP contribution < -0.4 is 17.0 Å². The number of fused-ring (bicyclic) bond motifs is 1. The molecule has 0 saturated heterocycles. The molecule has 0 aliphatic rings. The molecule has 0 aliphatic heterocycles. The summed E-state index contributed by atoms with van der Waals surface area (Å²) in [5.74, 6) is -0.599. The average molecular weight is 421 g/mol. The number of halogens is 1. The van der Waals surface area contributed by atoms with Crippen molar-refractivity contribution in [3.8, 4) is 5.69 Å². The zero-order valence-corrected chi connectivity index (χ0v) is 17.1. The van der Waals surface area contributed by atoms with Crippen molar-refractivity contribution in [3.05, 3.63) is 99.7 Å². The molecule has 152 valence electrons. The van der Waals surface area contributed by atoms with Crippen LogP contribution in [-0.2, 0) is 6.42 Å². The average Bonchev–Trinajstić information content (AvgIpc) is 2.74. The van der Waals surface area contributed by atoms with Gasteiger partial charge >= 0.3 is 0 Å². The number of hydrogen-bond acceptors (Lipinski definition) is 4. The topological polar surface area (TPSA) is 104 Å². The SMILES string of the molecule is CCc1cc2cccc(Cl)c2c(=O)n1-c1ccccc1.NC(=O)c1ncccc1N. The van der Waals surface area contributed by atoms with Gasteiger partial charge in [-0.25, -0.2) is 4.98 Å². The van der Waals surface area contributed by atoms with Gasteiger partial charge in [-0.15, -0.1) is 0 Å². The van der Waals surface area contributed by atoms with Crippen molar-refractivity contribution in [1.29, 1.82) is 0 Å². The molecule has 1 amide bonds. The number of para-hydroxylation sites is 1. The van der Waals surface area contributed by atoms with Gasteiger partial charge in [-0.2, -0.15) is 0 Å². The lowest BCUT2D eigenvalue weighted by Gasteiger charge is -2.14. The molecule has 4 rings (SSSR count). The summed E-state index contributed by atoms with van der Waals surface area (Å²) >= 11 is 6.20. The van der Waals surface area contributed by atoms with Gasteiger partial charge in [-0.3, -0.25) is 14.2 Å². The van der Waals surface area contributed by atoms with Crippen LogP contribution in [0.2, 0.25) is 5.02 Å². The lowest BCUT2D eigenvalue weighted by molar-refractivity contribution is 0.0996. The number of rotatable bonds is 3. The second-order valence-electron chi connectivity index (χ2n) is 6.47. The molecule has 0 radical (unpaired) electrons. The Morgan fingerprint density at radius 1 is 1.07 bits per heavy atom. The number of nitrogens with zero attached hydrogens (tertiary/aromatic N) is 2. The fourth-order valence-electron chi connectivity index (χ4n) is 3.12. The van der Waals surface area contributed by atoms with Gasteiger partial charge in [0.05, 0.1) is 16.1 Å². The highest BCUT2D eigenvalue weighted by atomic mass is 35.5. The molecule has 2 aromatic heterocycles. The predicted octanol–water partition coefficient (Wildman–Crippen LogP) is 3.97. The summed E-state index contributed by atoms with van der Waals surface area (Å²) in [6.07, 6.45) is 2.25. The van der Waals surface area contributed by atoms with Crippen molar-refractivity contribution in [2.75, 3.05) is 5.73 Å². The molecule has 0 aliphatic carbocycles. The molecular formula is C23H21ClN4O2. The number of carbonyl (C=O) groups is 1. The molecule has 0 spiro atoms. The first-order chi connectivity index (χ1) is 14.4. The number of aromatic nitrogens is 2. The monoisotopic (exact) mass is 420 g/mol. The molecule has 4 aromatic rings. The third-order valence-corrected chi connectivity index (χ3v) is 4.84. The third kappa shape index (κ3) is 4.34. The minimum absolute atomic E-state index is 0.0591. The molecule has 0 bridgehead atoms. The van der Waals surface area contributed by atoms with Gasteiger partial charge in [-0.1, -0.05) is 48.9 Å². The predicted molar refractivity (Wildman–Crippen MR) is 121 cm³/mol. The molecular weight excluding hydrogens is 400 g/mol. The van der Waals surface area contributed by atoms with Crippen molar-refractivity contribution in [3.63, 3.8) is 0 Å². The van der Waals surface area contributed by atoms with Crippen LogP contribution in [0.4, 0.5) is 5.69 Å². The number of nitrogen functional groups attached to an aromatic ring is 1. The quantitative estimate of drug-likeness (QED) is 0.523. The standard InChI is InChI=1S/C17H14ClNO.C6H7N3O/c1-2-13-11-12-7-6-10-15(18)16(12)17(20)19(13)14-8-4-3-5-9-14;7-4-2-1-3-9-5(4)6(8)10/h3-11H,2H2,1H3;1-3H,7H2,(H2,8,10). The zero-order chi connectivity index (χ0) is 21.7. The van der Waals surface area contributed by atoms with Crippen LogP contribution >= 0.6 is 11.6 Å². The first-order valence-electron chi connectivity index (χ1n) is 9.33. The van der Waals surface area contributed by atoms with Crippen LogP contribution in [0.25, 0.3) is 16.5 Å². The van der Waals surface area contributed by atoms with Gasteiger partial charge in [0.2, 0.25) is 0 Å². The van der Waals surface area contributed by atoms with E-state index in [2.05, 4.69) is 4.98 Å². The third-order valence-electron chi connectivity index (χ3n) is 4.52. The van der Waals surface area contributed by atoms with Gasteiger partial charge in [0.25, 0.3) is 11.5 Å². The first-order valence-corrected chi connectivity index (χ1v) is 9.70. The lowest BCUT2D eigenvalue weighted by atomic mass is 10.1. The molecule has 0 saturated carbocycles. The molecule has 6 nitrogen and oxygen atoms in total. The van der Waals surface area contributed by atoms with Gasteiger partial charge < -0.3 is 11.5 Å². The maximum absolute atomic E-state index is 12.8. The largest absolute Gasteiger partial charge is 0.397 e. The Labute approximate surface area is 178 Å². The van der Waals surface area contributed by atoms with E-state index >= 15 is 0 Å². The van der Waals surface area contributed by atoms with E-state index < -0.39 is 5.91 Å². The summed E-state index contributed by atoms with van der Waals surface area (Å²) in [4.78, 5) is 27.0. The minimum atomic E-state index is -0.599. The fourth-order valence-corrected chi connectivity index (χ4v) is 3.38. The number of carbonyl (C=O) groups excluding carboxylic acids is 1. The Bertz CT molecular complexity index is 1250. The van der Waals surface area contributed by atoms with E-state index in [1.54, 1.807) is 22.8 Å². The van der Waals surface area contributed by atoms with E-state index in [-0.39, 0.29) is 11.3 Å². The molecule has 2 aromatic carbocycles. The molecule has 0 unspecified atom stereocenters. The Kier molecular flexibility index (Phi) is 6.49. The van der Waals surface area contributed by atoms with Crippen molar-refractivity contribution in [2.45, 2.75) is 13.3 Å². The van der Waals surface area contributed by atoms with E-state index in [0.29, 0.717) is 16.1 Å². The summed E-state index contributed by atoms with van der Waals surface area (Å²) in [6.45, 7) is 2.05. The van der Waals surface area contributed by atoms with E-state index in [0.717, 1.165) is 23.2 Å². The van der Waals surface area contributed by atoms with Crippen LogP contribution in [0, 0.1) is 0 Å². The normalized spacial score (nSPS) is 10.3. The number of hydrogen-bond donors (Lipinski definition) is 2. The number of benzene rings is 2. The highest BCUT2D eigenvalue weighted by molar-refractivity contribution is 6.35. The zero-order valence-electron chi connectivity index (χ0n) is 16.4. The minimum Gasteiger partial charge on any atom is -0.397 e. The van der Waals surface area contributed by atoms with Crippen molar-refractivity contribution in [2.24, 2.45) is 5.73 Å². The maximum atomic E-state index is 12.8. The van der Waals surface area contributed by atoms with E-state index in [4.69, 9.17) is 23.1 Å². The summed E-state index contributed by atoms with van der Waals surface area (Å²) in [7, 11) is 0. The van der Waals surface area contributed by atoms with Gasteiger partial charge in [0.1, 0.15) is 0 Å². The maximum Gasteiger partial charge on any atom is 0.269 e. The Morgan fingerprint density at radius 2 is 1.80 bits per heavy atom. The molecule has 30 heavy (non-hydrogen) atoms. The highest BCUT2D eigenvalue weighted by Gasteiger charge is 2.12. The first kappa shape index (κ1) is 21.1. The Morgan fingerprint density at radius 3 is 2.40 bits per heavy atom. The molecule has 4 N–H and O–H groups in total. The number of anilines is 1. The summed E-state index contributed by atoms with van der Waals surface area (Å²) in [5.41, 5.74) is 12.5. The van der Waals surface area contributed by atoms with E-state index in [1.165, 1.54) is 6.20 Å². The number of nitrogens with two attached hydrogens (primary N) is 2. The number of amides is 1. The lowest BCUT2D eigenvalue weighted by Crippen LogP contribution is -2.22. The summed E-state index contributed by atoms with van der Waals surface area (Å²) in [5, 5.41) is 1.97. The molecule has 2 heterocycles. The molecule has 0 fully saturated rings. The Balaban J connectivity index is 0.000000216. The highest BCUT2D eigenvalue weighted by Crippen LogP contribution is 2.22.